The smallest absolute Gasteiger partial charge is 0.0725 e. The minimum atomic E-state index is 0.689. The molecule has 0 heterocycles. The molecule has 0 N–H and O–H groups in total. The first kappa shape index (κ1) is 8.23. The lowest BCUT2D eigenvalue weighted by Crippen LogP contribution is -1.91. The Bertz CT molecular complexity index is 36.3. The van der Waals surface area contributed by atoms with E-state index in [1.807, 2.05) is 0 Å². The third-order valence-electron chi connectivity index (χ3n) is 0.487. The molecule has 0 rings (SSSR count). The zero-order valence-corrected chi connectivity index (χ0v) is 5.86. The van der Waals surface area contributed by atoms with Crippen LogP contribution in [-0.2, 0) is 14.0 Å². The largest absolute Gasteiger partial charge is 0.384 e. The SMILES string of the molecule is COCCSOOC. The Morgan fingerprint density at radius 2 is 2.12 bits per heavy atom. The minimum absolute atomic E-state index is 0.689. The summed E-state index contributed by atoms with van der Waals surface area (Å²) < 4.78 is 9.20. The highest BCUT2D eigenvalue weighted by molar-refractivity contribution is 7.94. The van der Waals surface area contributed by atoms with Crippen molar-refractivity contribution in [3.8, 4) is 0 Å². The molecule has 0 spiro atoms. The third kappa shape index (κ3) is 6.23. The lowest BCUT2D eigenvalue weighted by atomic mass is 10.9. The zero-order chi connectivity index (χ0) is 6.24. The number of methoxy groups -OCH3 is 1. The van der Waals surface area contributed by atoms with Gasteiger partial charge in [-0.2, -0.15) is 4.33 Å². The maximum atomic E-state index is 4.73. The van der Waals surface area contributed by atoms with E-state index in [9.17, 15) is 0 Å². The van der Waals surface area contributed by atoms with Crippen LogP contribution in [0.2, 0.25) is 0 Å². The molecule has 50 valence electrons. The monoisotopic (exact) mass is 138 g/mol. The van der Waals surface area contributed by atoms with Crippen LogP contribution in [0.25, 0.3) is 0 Å². The van der Waals surface area contributed by atoms with Gasteiger partial charge in [0.2, 0.25) is 0 Å². The van der Waals surface area contributed by atoms with Gasteiger partial charge in [0.15, 0.2) is 0 Å². The summed E-state index contributed by atoms with van der Waals surface area (Å²) in [5, 5.41) is 0. The maximum absolute atomic E-state index is 4.73. The summed E-state index contributed by atoms with van der Waals surface area (Å²) in [5.74, 6) is 0.796. The molecule has 8 heavy (non-hydrogen) atoms. The van der Waals surface area contributed by atoms with Gasteiger partial charge < -0.3 is 4.74 Å². The number of hydrogen-bond acceptors (Lipinski definition) is 4. The second-order valence-corrected chi connectivity index (χ2v) is 1.83. The second-order valence-electron chi connectivity index (χ2n) is 1.05. The van der Waals surface area contributed by atoms with Crippen LogP contribution in [0.15, 0.2) is 0 Å². The van der Waals surface area contributed by atoms with Crippen molar-refractivity contribution in [2.24, 2.45) is 0 Å². The molecule has 0 saturated carbocycles. The van der Waals surface area contributed by atoms with Gasteiger partial charge in [-0.3, -0.25) is 0 Å². The average Bonchev–Trinajstić information content (AvgIpc) is 1.81. The van der Waals surface area contributed by atoms with Gasteiger partial charge in [0.1, 0.15) is 0 Å². The Balaban J connectivity index is 2.53. The molecular weight excluding hydrogens is 128 g/mol. The Morgan fingerprint density at radius 1 is 1.38 bits per heavy atom. The Labute approximate surface area is 53.4 Å². The molecule has 0 aliphatic heterocycles. The van der Waals surface area contributed by atoms with Crippen molar-refractivity contribution >= 4 is 12.0 Å². The number of hydrogen-bond donors (Lipinski definition) is 0. The van der Waals surface area contributed by atoms with Crippen molar-refractivity contribution < 1.29 is 14.0 Å². The van der Waals surface area contributed by atoms with E-state index in [4.69, 9.17) is 4.74 Å². The fraction of sp³-hybridized carbons (Fsp3) is 1.00. The summed E-state index contributed by atoms with van der Waals surface area (Å²) in [6.07, 6.45) is 0. The molecule has 3 nitrogen and oxygen atoms in total. The van der Waals surface area contributed by atoms with Crippen LogP contribution in [0.3, 0.4) is 0 Å². The van der Waals surface area contributed by atoms with Crippen LogP contribution in [-0.4, -0.2) is 26.6 Å². The van der Waals surface area contributed by atoms with Crippen LogP contribution in [0.5, 0.6) is 0 Å². The molecule has 0 radical (unpaired) electrons. The Kier molecular flexibility index (Phi) is 7.44. The molecule has 0 saturated heterocycles. The molecule has 4 heteroatoms. The molecule has 0 fully saturated rings. The van der Waals surface area contributed by atoms with E-state index in [1.54, 1.807) is 7.11 Å². The highest BCUT2D eigenvalue weighted by atomic mass is 32.2. The normalized spacial score (nSPS) is 9.75. The molecule has 0 amide bonds. The highest BCUT2D eigenvalue weighted by Gasteiger charge is 1.84. The predicted octanol–water partition coefficient (Wildman–Crippen LogP) is 0.859. The summed E-state index contributed by atoms with van der Waals surface area (Å²) in [5.41, 5.74) is 0. The van der Waals surface area contributed by atoms with Crippen LogP contribution in [0.4, 0.5) is 0 Å². The van der Waals surface area contributed by atoms with Crippen LogP contribution in [0.1, 0.15) is 0 Å². The topological polar surface area (TPSA) is 27.7 Å². The van der Waals surface area contributed by atoms with E-state index >= 15 is 0 Å². The van der Waals surface area contributed by atoms with Gasteiger partial charge in [0, 0.05) is 24.9 Å². The van der Waals surface area contributed by atoms with Gasteiger partial charge in [0.05, 0.1) is 13.7 Å². The fourth-order valence-electron chi connectivity index (χ4n) is 0.199. The van der Waals surface area contributed by atoms with Crippen molar-refractivity contribution in [2.45, 2.75) is 0 Å². The fourth-order valence-corrected chi connectivity index (χ4v) is 0.598. The molecule has 0 aliphatic carbocycles. The van der Waals surface area contributed by atoms with Gasteiger partial charge >= 0.3 is 0 Å². The predicted molar refractivity (Wildman–Crippen MR) is 32.4 cm³/mol. The Hall–Kier alpha value is 0.230. The van der Waals surface area contributed by atoms with Gasteiger partial charge in [0.25, 0.3) is 0 Å². The third-order valence-corrected chi connectivity index (χ3v) is 1.05. The standard InChI is InChI=1S/C4H10O3S/c1-5-3-4-8-7-6-2/h3-4H2,1-2H3. The van der Waals surface area contributed by atoms with Crippen LogP contribution >= 0.6 is 12.0 Å². The molecule has 0 aromatic heterocycles. The van der Waals surface area contributed by atoms with E-state index < -0.39 is 0 Å². The molecular formula is C4H10O3S. The van der Waals surface area contributed by atoms with Crippen molar-refractivity contribution in [3.63, 3.8) is 0 Å². The molecule has 0 atom stereocenters. The lowest BCUT2D eigenvalue weighted by molar-refractivity contribution is -0.160. The molecule has 0 bridgehead atoms. The summed E-state index contributed by atoms with van der Waals surface area (Å²) >= 11 is 1.23. The van der Waals surface area contributed by atoms with Gasteiger partial charge in [-0.1, -0.05) is 0 Å². The maximum Gasteiger partial charge on any atom is 0.0725 e. The van der Waals surface area contributed by atoms with E-state index in [2.05, 4.69) is 9.22 Å². The van der Waals surface area contributed by atoms with Crippen molar-refractivity contribution in [1.82, 2.24) is 0 Å². The molecule has 0 aliphatic rings. The number of rotatable bonds is 5. The van der Waals surface area contributed by atoms with Gasteiger partial charge in [-0.25, -0.2) is 4.89 Å². The summed E-state index contributed by atoms with van der Waals surface area (Å²) in [6.45, 7) is 0.689. The lowest BCUT2D eigenvalue weighted by Gasteiger charge is -1.95. The van der Waals surface area contributed by atoms with Crippen LogP contribution in [0, 0.1) is 0 Å². The van der Waals surface area contributed by atoms with Crippen molar-refractivity contribution in [1.29, 1.82) is 0 Å². The average molecular weight is 138 g/mol. The minimum Gasteiger partial charge on any atom is -0.384 e. The molecule has 0 unspecified atom stereocenters. The van der Waals surface area contributed by atoms with Crippen LogP contribution < -0.4 is 0 Å². The first-order chi connectivity index (χ1) is 3.91. The second kappa shape index (κ2) is 7.23. The highest BCUT2D eigenvalue weighted by Crippen LogP contribution is 1.99. The van der Waals surface area contributed by atoms with Crippen molar-refractivity contribution in [2.75, 3.05) is 26.6 Å². The summed E-state index contributed by atoms with van der Waals surface area (Å²) in [7, 11) is 3.12. The summed E-state index contributed by atoms with van der Waals surface area (Å²) in [6, 6.07) is 0. The summed E-state index contributed by atoms with van der Waals surface area (Å²) in [4.78, 5) is 4.30. The van der Waals surface area contributed by atoms with Gasteiger partial charge in [-0.05, 0) is 0 Å². The Morgan fingerprint density at radius 3 is 2.62 bits per heavy atom. The van der Waals surface area contributed by atoms with Gasteiger partial charge in [-0.15, -0.1) is 0 Å². The first-order valence-electron chi connectivity index (χ1n) is 2.23. The van der Waals surface area contributed by atoms with E-state index in [1.165, 1.54) is 19.2 Å². The van der Waals surface area contributed by atoms with Crippen molar-refractivity contribution in [3.05, 3.63) is 0 Å². The number of ether oxygens (including phenoxy) is 1. The van der Waals surface area contributed by atoms with E-state index in [0.717, 1.165) is 5.75 Å². The molecule has 0 aromatic rings. The van der Waals surface area contributed by atoms with E-state index in [-0.39, 0.29) is 0 Å². The quantitative estimate of drug-likeness (QED) is 0.244. The van der Waals surface area contributed by atoms with E-state index in [0.29, 0.717) is 6.61 Å². The zero-order valence-electron chi connectivity index (χ0n) is 5.05. The molecule has 0 aromatic carbocycles. The first-order valence-corrected chi connectivity index (χ1v) is 3.14.